The van der Waals surface area contributed by atoms with E-state index in [4.69, 9.17) is 25.9 Å². The molecule has 0 aliphatic carbocycles. The molecule has 7 heterocycles. The zero-order chi connectivity index (χ0) is 40.7. The number of pyridine rings is 1. The first-order chi connectivity index (χ1) is 27.8. The van der Waals surface area contributed by atoms with Gasteiger partial charge in [0.1, 0.15) is 64.7 Å². The number of fused-ring (bicyclic) bond motifs is 2. The second-order valence-electron chi connectivity index (χ2n) is 15.0. The number of alkyl halides is 4. The van der Waals surface area contributed by atoms with Crippen LogP contribution in [0.1, 0.15) is 47.6 Å². The Morgan fingerprint density at radius 2 is 1.97 bits per heavy atom. The number of nitrogens with zero attached hydrogens (tertiary/aromatic N) is 7. The molecule has 0 saturated carbocycles. The van der Waals surface area contributed by atoms with Gasteiger partial charge in [0, 0.05) is 55.1 Å². The lowest BCUT2D eigenvalue weighted by atomic mass is 9.91. The molecule has 4 aromatic heterocycles. The van der Waals surface area contributed by atoms with E-state index in [1.54, 1.807) is 17.0 Å². The lowest BCUT2D eigenvalue weighted by Crippen LogP contribution is -2.43. The highest BCUT2D eigenvalue weighted by molar-refractivity contribution is 7.23. The fraction of sp³-hybridized carbons (Fsp3) is 0.350. The molecular formula is C40H35F6N9O2S. The van der Waals surface area contributed by atoms with E-state index in [1.165, 1.54) is 6.20 Å². The zero-order valence-electron chi connectivity index (χ0n) is 30.9. The molecule has 58 heavy (non-hydrogen) atoms. The third kappa shape index (κ3) is 6.09. The molecule has 18 heteroatoms. The molecule has 2 fully saturated rings. The van der Waals surface area contributed by atoms with Crippen LogP contribution >= 0.6 is 11.3 Å². The third-order valence-electron chi connectivity index (χ3n) is 11.5. The molecule has 0 amide bonds. The van der Waals surface area contributed by atoms with Crippen LogP contribution in [0.15, 0.2) is 48.9 Å². The molecular weight excluding hydrogens is 785 g/mol. The van der Waals surface area contributed by atoms with Crippen molar-refractivity contribution in [3.63, 3.8) is 0 Å². The fourth-order valence-electron chi connectivity index (χ4n) is 9.02. The van der Waals surface area contributed by atoms with Crippen molar-refractivity contribution in [2.75, 3.05) is 49.2 Å². The summed E-state index contributed by atoms with van der Waals surface area (Å²) in [5.41, 5.74) is 9.42. The standard InChI is InChI=1S/C40H35F6N9O2S/c1-53-11-7-20(17-53)14-26(22-4-2-9-50-35(22)48)55-12-13-56-33-29-32(51-38(52-37(29)55)57-19-39-8-3-10-54(39)18-21(41)15-39)31(43)28(30(33)40(44,45)46)23-5-6-25(42)34-27(23)24(16-47)36(49)58-34/h2,4-7,9,11,17,21,26H,3,8,10,12-15,18-19,49H2,1H3,(H2,48,50)/t21-,26-,39+/m1/s1. The van der Waals surface area contributed by atoms with Gasteiger partial charge in [-0.05, 0) is 55.1 Å². The quantitative estimate of drug-likeness (QED) is 0.147. The Bertz CT molecular complexity index is 2660. The van der Waals surface area contributed by atoms with Crippen LogP contribution in [0.25, 0.3) is 32.1 Å². The summed E-state index contributed by atoms with van der Waals surface area (Å²) in [4.78, 5) is 17.2. The van der Waals surface area contributed by atoms with E-state index >= 15 is 22.0 Å². The molecule has 300 valence electrons. The topological polar surface area (TPSA) is 144 Å². The summed E-state index contributed by atoms with van der Waals surface area (Å²) in [6.07, 6.45) is 0.845. The van der Waals surface area contributed by atoms with E-state index in [2.05, 4.69) is 9.97 Å². The van der Waals surface area contributed by atoms with Crippen LogP contribution in [0.3, 0.4) is 0 Å². The Kier molecular flexibility index (Phi) is 9.08. The monoisotopic (exact) mass is 819 g/mol. The molecule has 11 nitrogen and oxygen atoms in total. The van der Waals surface area contributed by atoms with Gasteiger partial charge in [-0.1, -0.05) is 12.1 Å². The first kappa shape index (κ1) is 37.8. The van der Waals surface area contributed by atoms with Gasteiger partial charge in [0.25, 0.3) is 0 Å². The van der Waals surface area contributed by atoms with Crippen molar-refractivity contribution in [3.05, 3.63) is 82.8 Å². The van der Waals surface area contributed by atoms with Gasteiger partial charge in [0.05, 0.1) is 33.8 Å². The molecule has 0 spiro atoms. The highest BCUT2D eigenvalue weighted by atomic mass is 32.1. The van der Waals surface area contributed by atoms with E-state index in [0.717, 1.165) is 24.1 Å². The predicted octanol–water partition coefficient (Wildman–Crippen LogP) is 7.72. The number of aromatic nitrogens is 4. The van der Waals surface area contributed by atoms with Crippen LogP contribution in [0, 0.1) is 23.0 Å². The highest BCUT2D eigenvalue weighted by Crippen LogP contribution is 2.54. The number of nitrogens with two attached hydrogens (primary N) is 2. The Morgan fingerprint density at radius 1 is 1.14 bits per heavy atom. The first-order valence-corrected chi connectivity index (χ1v) is 19.4. The van der Waals surface area contributed by atoms with Gasteiger partial charge < -0.3 is 30.4 Å². The van der Waals surface area contributed by atoms with E-state index in [9.17, 15) is 9.65 Å². The number of hydrogen-bond donors (Lipinski definition) is 2. The van der Waals surface area contributed by atoms with E-state index in [0.29, 0.717) is 29.9 Å². The molecule has 3 aliphatic heterocycles. The molecule has 0 bridgehead atoms. The summed E-state index contributed by atoms with van der Waals surface area (Å²) in [5.74, 6) is -2.99. The second-order valence-corrected chi connectivity index (χ2v) is 16.0. The summed E-state index contributed by atoms with van der Waals surface area (Å²) in [5, 5.41) is 9.21. The third-order valence-corrected chi connectivity index (χ3v) is 12.5. The molecule has 9 rings (SSSR count). The normalized spacial score (nSPS) is 20.0. The smallest absolute Gasteiger partial charge is 0.420 e. The lowest BCUT2D eigenvalue weighted by Gasteiger charge is -2.33. The van der Waals surface area contributed by atoms with Crippen molar-refractivity contribution in [2.24, 2.45) is 7.05 Å². The van der Waals surface area contributed by atoms with Crippen molar-refractivity contribution in [2.45, 2.75) is 49.6 Å². The minimum Gasteiger partial charge on any atom is -0.490 e. The van der Waals surface area contributed by atoms with Crippen LogP contribution < -0.4 is 25.8 Å². The van der Waals surface area contributed by atoms with Crippen LogP contribution in [0.4, 0.5) is 43.0 Å². The van der Waals surface area contributed by atoms with E-state index < -0.39 is 63.5 Å². The van der Waals surface area contributed by atoms with Gasteiger partial charge in [-0.3, -0.25) is 4.90 Å². The van der Waals surface area contributed by atoms with Gasteiger partial charge in [-0.15, -0.1) is 11.3 Å². The van der Waals surface area contributed by atoms with Gasteiger partial charge in [0.15, 0.2) is 5.82 Å². The van der Waals surface area contributed by atoms with Crippen molar-refractivity contribution in [3.8, 4) is 29.0 Å². The van der Waals surface area contributed by atoms with E-state index in [-0.39, 0.29) is 82.8 Å². The maximum atomic E-state index is 17.7. The number of nitriles is 1. The summed E-state index contributed by atoms with van der Waals surface area (Å²) < 4.78 is 109. The molecule has 3 atom stereocenters. The van der Waals surface area contributed by atoms with Gasteiger partial charge in [-0.25, -0.2) is 18.2 Å². The van der Waals surface area contributed by atoms with Crippen LogP contribution in [0.5, 0.6) is 11.8 Å². The molecule has 4 N–H and O–H groups in total. The fourth-order valence-corrected chi connectivity index (χ4v) is 9.97. The van der Waals surface area contributed by atoms with Crippen molar-refractivity contribution in [1.29, 1.82) is 5.26 Å². The second kappa shape index (κ2) is 13.9. The van der Waals surface area contributed by atoms with E-state index in [1.807, 2.05) is 41.0 Å². The first-order valence-electron chi connectivity index (χ1n) is 18.6. The molecule has 0 unspecified atom stereocenters. The Hall–Kier alpha value is -5.80. The number of thiophene rings is 1. The molecule has 6 aromatic rings. The number of nitrogen functional groups attached to an aromatic ring is 2. The van der Waals surface area contributed by atoms with Gasteiger partial charge in [-0.2, -0.15) is 28.4 Å². The number of ether oxygens (including phenoxy) is 2. The van der Waals surface area contributed by atoms with Gasteiger partial charge in [0.2, 0.25) is 0 Å². The van der Waals surface area contributed by atoms with Crippen molar-refractivity contribution < 1.29 is 35.8 Å². The number of aryl methyl sites for hydroxylation is 1. The average Bonchev–Trinajstić information content (AvgIpc) is 3.91. The predicted molar refractivity (Wildman–Crippen MR) is 206 cm³/mol. The average molecular weight is 820 g/mol. The zero-order valence-corrected chi connectivity index (χ0v) is 31.7. The SMILES string of the molecule is Cn1ccc(C[C@H](c2cccnc2N)N2CCOc3c(C(F)(F)F)c(-c4ccc(F)c5sc(N)c(C#N)c45)c(F)c4nc(OC[C@@]56CCCN5C[C@H](F)C6)nc2c34)c1. The van der Waals surface area contributed by atoms with Crippen molar-refractivity contribution in [1.82, 2.24) is 24.4 Å². The molecule has 0 radical (unpaired) electrons. The number of anilines is 3. The maximum absolute atomic E-state index is 17.7. The molecule has 2 saturated heterocycles. The number of rotatable bonds is 8. The van der Waals surface area contributed by atoms with Crippen LogP contribution in [0.2, 0.25) is 0 Å². The Balaban J connectivity index is 1.33. The lowest BCUT2D eigenvalue weighted by molar-refractivity contribution is -0.138. The summed E-state index contributed by atoms with van der Waals surface area (Å²) >= 11 is 0.667. The number of benzene rings is 2. The maximum Gasteiger partial charge on any atom is 0.420 e. The molecule has 2 aromatic carbocycles. The minimum absolute atomic E-state index is 0.0536. The summed E-state index contributed by atoms with van der Waals surface area (Å²) in [6, 6.07) is 7.99. The summed E-state index contributed by atoms with van der Waals surface area (Å²) in [7, 11) is 1.85. The summed E-state index contributed by atoms with van der Waals surface area (Å²) in [6.45, 7) is 0.459. The van der Waals surface area contributed by atoms with Gasteiger partial charge >= 0.3 is 12.2 Å². The number of hydrogen-bond acceptors (Lipinski definition) is 11. The van der Waals surface area contributed by atoms with Crippen LogP contribution in [-0.2, 0) is 19.6 Å². The molecule has 3 aliphatic rings. The number of halogens is 6. The minimum atomic E-state index is -5.26. The van der Waals surface area contributed by atoms with Crippen LogP contribution in [-0.4, -0.2) is 69.0 Å². The van der Waals surface area contributed by atoms with Crippen molar-refractivity contribution >= 4 is 49.0 Å². The Morgan fingerprint density at radius 3 is 2.71 bits per heavy atom. The highest BCUT2D eigenvalue weighted by Gasteiger charge is 2.50. The largest absolute Gasteiger partial charge is 0.490 e. The Labute approximate surface area is 331 Å².